The molecule has 1 aromatic heterocycles. The van der Waals surface area contributed by atoms with E-state index >= 15 is 0 Å². The first-order valence-corrected chi connectivity index (χ1v) is 8.62. The molecule has 132 valence electrons. The average Bonchev–Trinajstić information content (AvgIpc) is 3.31. The predicted molar refractivity (Wildman–Crippen MR) is 87.1 cm³/mol. The van der Waals surface area contributed by atoms with Crippen LogP contribution in [0.2, 0.25) is 0 Å². The maximum absolute atomic E-state index is 11.8. The van der Waals surface area contributed by atoms with Crippen LogP contribution in [0, 0.1) is 5.92 Å². The van der Waals surface area contributed by atoms with E-state index < -0.39 is 11.8 Å². The van der Waals surface area contributed by atoms with E-state index in [1.807, 2.05) is 0 Å². The highest BCUT2D eigenvalue weighted by atomic mass is 16.5. The van der Waals surface area contributed by atoms with Crippen molar-refractivity contribution < 1.29 is 18.7 Å². The molecule has 24 heavy (non-hydrogen) atoms. The van der Waals surface area contributed by atoms with Gasteiger partial charge in [-0.15, -0.1) is 0 Å². The maximum atomic E-state index is 11.8. The number of nitrogens with zero attached hydrogens (tertiary/aromatic N) is 1. The fourth-order valence-corrected chi connectivity index (χ4v) is 3.31. The number of likely N-dealkylation sites (tertiary alicyclic amines) is 1. The van der Waals surface area contributed by atoms with Crippen molar-refractivity contribution in [3.05, 3.63) is 24.2 Å². The largest absolute Gasteiger partial charge is 0.467 e. The van der Waals surface area contributed by atoms with Crippen LogP contribution in [-0.2, 0) is 20.9 Å². The molecule has 3 heterocycles. The molecule has 1 atom stereocenters. The lowest BCUT2D eigenvalue weighted by Crippen LogP contribution is -2.45. The van der Waals surface area contributed by atoms with Gasteiger partial charge in [0.15, 0.2) is 0 Å². The number of furan rings is 1. The summed E-state index contributed by atoms with van der Waals surface area (Å²) < 4.78 is 10.6. The molecule has 2 fully saturated rings. The van der Waals surface area contributed by atoms with Crippen molar-refractivity contribution in [3.63, 3.8) is 0 Å². The minimum Gasteiger partial charge on any atom is -0.467 e. The number of carbonyl (C=O) groups excluding carboxylic acids is 2. The number of nitrogens with one attached hydrogen (secondary N) is 2. The van der Waals surface area contributed by atoms with E-state index in [9.17, 15) is 9.59 Å². The Morgan fingerprint density at radius 2 is 1.96 bits per heavy atom. The molecule has 1 aromatic rings. The van der Waals surface area contributed by atoms with Gasteiger partial charge in [0.1, 0.15) is 5.76 Å². The van der Waals surface area contributed by atoms with Gasteiger partial charge in [0.05, 0.1) is 19.4 Å². The zero-order valence-corrected chi connectivity index (χ0v) is 13.8. The molecule has 7 nitrogen and oxygen atoms in total. The molecule has 0 unspecified atom stereocenters. The third-order valence-electron chi connectivity index (χ3n) is 4.83. The Hall–Kier alpha value is -1.86. The van der Waals surface area contributed by atoms with Gasteiger partial charge >= 0.3 is 11.8 Å². The molecular weight excluding hydrogens is 310 g/mol. The fraction of sp³-hybridized carbons (Fsp3) is 0.647. The van der Waals surface area contributed by atoms with E-state index in [4.69, 9.17) is 9.15 Å². The molecule has 2 aliphatic heterocycles. The Bertz CT molecular complexity index is 532. The zero-order valence-electron chi connectivity index (χ0n) is 13.8. The molecule has 2 aliphatic rings. The summed E-state index contributed by atoms with van der Waals surface area (Å²) in [4.78, 5) is 26.1. The number of rotatable bonds is 5. The molecule has 0 aromatic carbocycles. The van der Waals surface area contributed by atoms with Crippen LogP contribution in [-0.4, -0.2) is 55.6 Å². The first-order chi connectivity index (χ1) is 11.7. The molecule has 0 aliphatic carbocycles. The van der Waals surface area contributed by atoms with Gasteiger partial charge in [-0.25, -0.2) is 0 Å². The Morgan fingerprint density at radius 1 is 1.17 bits per heavy atom. The lowest BCUT2D eigenvalue weighted by molar-refractivity contribution is -0.139. The number of hydrogen-bond acceptors (Lipinski definition) is 5. The van der Waals surface area contributed by atoms with Gasteiger partial charge in [0.25, 0.3) is 0 Å². The van der Waals surface area contributed by atoms with Crippen LogP contribution >= 0.6 is 0 Å². The van der Waals surface area contributed by atoms with Crippen molar-refractivity contribution in [3.8, 4) is 0 Å². The first kappa shape index (κ1) is 17.0. The van der Waals surface area contributed by atoms with Crippen molar-refractivity contribution >= 4 is 11.8 Å². The SMILES string of the molecule is O=C(NCc1ccco1)C(=O)NCC1CCN([C@@H]2CCOC2)CC1. The summed E-state index contributed by atoms with van der Waals surface area (Å²) in [5.41, 5.74) is 0. The van der Waals surface area contributed by atoms with Gasteiger partial charge in [0.2, 0.25) is 0 Å². The predicted octanol–water partition coefficient (Wildman–Crippen LogP) is 0.513. The second-order valence-electron chi connectivity index (χ2n) is 6.47. The molecule has 2 saturated heterocycles. The van der Waals surface area contributed by atoms with Gasteiger partial charge < -0.3 is 19.8 Å². The van der Waals surface area contributed by atoms with Crippen LogP contribution in [0.1, 0.15) is 25.0 Å². The Kier molecular flexibility index (Phi) is 5.87. The highest BCUT2D eigenvalue weighted by molar-refractivity contribution is 6.35. The Balaban J connectivity index is 1.32. The van der Waals surface area contributed by atoms with Gasteiger partial charge in [-0.2, -0.15) is 0 Å². The minimum absolute atomic E-state index is 0.223. The van der Waals surface area contributed by atoms with Gasteiger partial charge in [0, 0.05) is 19.2 Å². The van der Waals surface area contributed by atoms with Crippen molar-refractivity contribution in [2.24, 2.45) is 5.92 Å². The molecule has 0 bridgehead atoms. The van der Waals surface area contributed by atoms with E-state index in [0.717, 1.165) is 45.6 Å². The van der Waals surface area contributed by atoms with Crippen LogP contribution in [0.3, 0.4) is 0 Å². The summed E-state index contributed by atoms with van der Waals surface area (Å²) in [5, 5.41) is 5.29. The third kappa shape index (κ3) is 4.58. The normalized spacial score (nSPS) is 22.4. The van der Waals surface area contributed by atoms with Gasteiger partial charge in [-0.05, 0) is 50.4 Å². The highest BCUT2D eigenvalue weighted by Gasteiger charge is 2.28. The maximum Gasteiger partial charge on any atom is 0.309 e. The van der Waals surface area contributed by atoms with Gasteiger partial charge in [-0.3, -0.25) is 14.5 Å². The van der Waals surface area contributed by atoms with Crippen LogP contribution < -0.4 is 10.6 Å². The quantitative estimate of drug-likeness (QED) is 0.766. The van der Waals surface area contributed by atoms with E-state index in [0.29, 0.717) is 24.3 Å². The Labute approximate surface area is 141 Å². The zero-order chi connectivity index (χ0) is 16.8. The summed E-state index contributed by atoms with van der Waals surface area (Å²) in [7, 11) is 0. The Morgan fingerprint density at radius 3 is 2.62 bits per heavy atom. The number of amides is 2. The van der Waals surface area contributed by atoms with Crippen molar-refractivity contribution in [2.75, 3.05) is 32.8 Å². The molecular formula is C17H25N3O4. The van der Waals surface area contributed by atoms with Gasteiger partial charge in [-0.1, -0.05) is 0 Å². The molecule has 0 spiro atoms. The van der Waals surface area contributed by atoms with E-state index in [2.05, 4.69) is 15.5 Å². The molecule has 3 rings (SSSR count). The van der Waals surface area contributed by atoms with Crippen LogP contribution in [0.4, 0.5) is 0 Å². The monoisotopic (exact) mass is 335 g/mol. The molecule has 7 heteroatoms. The summed E-state index contributed by atoms with van der Waals surface area (Å²) in [6.45, 7) is 4.58. The molecule has 2 N–H and O–H groups in total. The van der Waals surface area contributed by atoms with Crippen LogP contribution in [0.25, 0.3) is 0 Å². The summed E-state index contributed by atoms with van der Waals surface area (Å²) in [5.74, 6) is -0.134. The second kappa shape index (κ2) is 8.30. The van der Waals surface area contributed by atoms with Crippen molar-refractivity contribution in [1.29, 1.82) is 0 Å². The number of carbonyl (C=O) groups is 2. The second-order valence-corrected chi connectivity index (χ2v) is 6.47. The van der Waals surface area contributed by atoms with E-state index in [1.165, 1.54) is 6.26 Å². The summed E-state index contributed by atoms with van der Waals surface area (Å²) in [6.07, 6.45) is 4.75. The van der Waals surface area contributed by atoms with Crippen molar-refractivity contribution in [2.45, 2.75) is 31.8 Å². The van der Waals surface area contributed by atoms with Crippen molar-refractivity contribution in [1.82, 2.24) is 15.5 Å². The standard InChI is InChI=1S/C17H25N3O4/c21-16(17(22)19-11-15-2-1-8-24-15)18-10-13-3-6-20(7-4-13)14-5-9-23-12-14/h1-2,8,13-14H,3-7,9-12H2,(H,18,21)(H,19,22)/t14-/m1/s1. The lowest BCUT2D eigenvalue weighted by atomic mass is 9.95. The lowest BCUT2D eigenvalue weighted by Gasteiger charge is -2.35. The average molecular weight is 335 g/mol. The van der Waals surface area contributed by atoms with Crippen LogP contribution in [0.15, 0.2) is 22.8 Å². The molecule has 0 saturated carbocycles. The topological polar surface area (TPSA) is 83.8 Å². The van der Waals surface area contributed by atoms with E-state index in [1.54, 1.807) is 12.1 Å². The smallest absolute Gasteiger partial charge is 0.309 e. The summed E-state index contributed by atoms with van der Waals surface area (Å²) >= 11 is 0. The minimum atomic E-state index is -0.619. The number of ether oxygens (including phenoxy) is 1. The molecule has 2 amide bonds. The molecule has 0 radical (unpaired) electrons. The third-order valence-corrected chi connectivity index (χ3v) is 4.83. The number of piperidine rings is 1. The number of hydrogen-bond donors (Lipinski definition) is 2. The highest BCUT2D eigenvalue weighted by Crippen LogP contribution is 2.21. The van der Waals surface area contributed by atoms with E-state index in [-0.39, 0.29) is 6.54 Å². The van der Waals surface area contributed by atoms with Crippen LogP contribution in [0.5, 0.6) is 0 Å². The first-order valence-electron chi connectivity index (χ1n) is 8.62. The summed E-state index contributed by atoms with van der Waals surface area (Å²) in [6, 6.07) is 4.06. The fourth-order valence-electron chi connectivity index (χ4n) is 3.31.